The number of thiazole rings is 1. The Bertz CT molecular complexity index is 453. The maximum Gasteiger partial charge on any atom is 0.185 e. The van der Waals surface area contributed by atoms with Gasteiger partial charge in [0, 0.05) is 24.5 Å². The summed E-state index contributed by atoms with van der Waals surface area (Å²) in [5.74, 6) is 0.557. The van der Waals surface area contributed by atoms with E-state index in [1.54, 1.807) is 0 Å². The van der Waals surface area contributed by atoms with Crippen LogP contribution in [0, 0.1) is 5.41 Å². The highest BCUT2D eigenvalue weighted by molar-refractivity contribution is 7.15. The molecule has 21 heavy (non-hydrogen) atoms. The number of anilines is 1. The maximum absolute atomic E-state index is 5.03. The largest absolute Gasteiger partial charge is 0.348 e. The average Bonchev–Trinajstić information content (AvgIpc) is 2.87. The average molecular weight is 310 g/mol. The molecule has 1 saturated heterocycles. The minimum absolute atomic E-state index is 0.419. The molecule has 0 aromatic carbocycles. The van der Waals surface area contributed by atoms with Gasteiger partial charge < -0.3 is 10.2 Å². The zero-order valence-corrected chi connectivity index (χ0v) is 15.1. The van der Waals surface area contributed by atoms with Crippen molar-refractivity contribution in [3.63, 3.8) is 0 Å². The normalized spacial score (nSPS) is 19.8. The van der Waals surface area contributed by atoms with E-state index < -0.39 is 0 Å². The lowest BCUT2D eigenvalue weighted by Crippen LogP contribution is -2.40. The van der Waals surface area contributed by atoms with Crippen molar-refractivity contribution in [2.45, 2.75) is 66.3 Å². The van der Waals surface area contributed by atoms with Gasteiger partial charge in [0.2, 0.25) is 0 Å². The van der Waals surface area contributed by atoms with Crippen molar-refractivity contribution < 1.29 is 0 Å². The summed E-state index contributed by atoms with van der Waals surface area (Å²) in [6.07, 6.45) is 3.78. The van der Waals surface area contributed by atoms with Crippen molar-refractivity contribution in [1.29, 1.82) is 0 Å². The van der Waals surface area contributed by atoms with Gasteiger partial charge in [0.15, 0.2) is 5.13 Å². The topological polar surface area (TPSA) is 28.2 Å². The lowest BCUT2D eigenvalue weighted by Gasteiger charge is -2.37. The van der Waals surface area contributed by atoms with Gasteiger partial charge in [-0.2, -0.15) is 0 Å². The Morgan fingerprint density at radius 2 is 2.14 bits per heavy atom. The van der Waals surface area contributed by atoms with E-state index in [0.717, 1.165) is 32.6 Å². The molecule has 0 amide bonds. The van der Waals surface area contributed by atoms with Gasteiger partial charge in [0.1, 0.15) is 0 Å². The number of piperidine rings is 1. The molecule has 1 atom stereocenters. The fraction of sp³-hybridized carbons (Fsp3) is 0.824. The predicted octanol–water partition coefficient (Wildman–Crippen LogP) is 4.39. The van der Waals surface area contributed by atoms with E-state index in [1.165, 1.54) is 28.5 Å². The van der Waals surface area contributed by atoms with E-state index in [0.29, 0.717) is 11.3 Å². The lowest BCUT2D eigenvalue weighted by atomic mass is 9.84. The van der Waals surface area contributed by atoms with E-state index in [2.05, 4.69) is 44.8 Å². The zero-order valence-electron chi connectivity index (χ0n) is 14.3. The van der Waals surface area contributed by atoms with Crippen LogP contribution in [0.3, 0.4) is 0 Å². The van der Waals surface area contributed by atoms with Crippen molar-refractivity contribution in [1.82, 2.24) is 10.3 Å². The molecular formula is C17H31N3S. The number of rotatable bonds is 6. The molecule has 1 unspecified atom stereocenters. The molecule has 1 aliphatic heterocycles. The van der Waals surface area contributed by atoms with Crippen LogP contribution in [0.2, 0.25) is 0 Å². The smallest absolute Gasteiger partial charge is 0.185 e. The standard InChI is InChI=1S/C17H31N3S/c1-6-13(3)15-14(11-18-7-2)21-16(19-15)20-10-8-9-17(4,5)12-20/h13,18H,6-12H2,1-5H3. The highest BCUT2D eigenvalue weighted by Gasteiger charge is 2.29. The van der Waals surface area contributed by atoms with Crippen LogP contribution in [0.4, 0.5) is 5.13 Å². The first-order valence-electron chi connectivity index (χ1n) is 8.42. The molecule has 2 rings (SSSR count). The van der Waals surface area contributed by atoms with Crippen molar-refractivity contribution in [3.05, 3.63) is 10.6 Å². The fourth-order valence-electron chi connectivity index (χ4n) is 3.02. The molecular weight excluding hydrogens is 278 g/mol. The van der Waals surface area contributed by atoms with Crippen LogP contribution in [0.15, 0.2) is 0 Å². The molecule has 1 aromatic heterocycles. The molecule has 0 aliphatic carbocycles. The third-order valence-corrected chi connectivity index (χ3v) is 5.63. The fourth-order valence-corrected chi connectivity index (χ4v) is 4.19. The Morgan fingerprint density at radius 1 is 1.38 bits per heavy atom. The van der Waals surface area contributed by atoms with E-state index in [4.69, 9.17) is 4.98 Å². The van der Waals surface area contributed by atoms with Gasteiger partial charge in [-0.15, -0.1) is 11.3 Å². The second-order valence-electron chi connectivity index (χ2n) is 7.08. The SMILES string of the molecule is CCNCc1sc(N2CCCC(C)(C)C2)nc1C(C)CC. The number of hydrogen-bond donors (Lipinski definition) is 1. The predicted molar refractivity (Wildman–Crippen MR) is 93.4 cm³/mol. The highest BCUT2D eigenvalue weighted by Crippen LogP contribution is 2.36. The summed E-state index contributed by atoms with van der Waals surface area (Å²) >= 11 is 1.90. The van der Waals surface area contributed by atoms with Crippen LogP contribution in [0.1, 0.15) is 70.4 Å². The molecule has 1 aromatic rings. The molecule has 0 saturated carbocycles. The van der Waals surface area contributed by atoms with Crippen molar-refractivity contribution in [2.75, 3.05) is 24.5 Å². The summed E-state index contributed by atoms with van der Waals surface area (Å²) in [5, 5.41) is 4.71. The Morgan fingerprint density at radius 3 is 2.76 bits per heavy atom. The third kappa shape index (κ3) is 4.19. The Hall–Kier alpha value is -0.610. The summed E-state index contributed by atoms with van der Waals surface area (Å²) in [6, 6.07) is 0. The van der Waals surface area contributed by atoms with Gasteiger partial charge >= 0.3 is 0 Å². The van der Waals surface area contributed by atoms with E-state index in [-0.39, 0.29) is 0 Å². The van der Waals surface area contributed by atoms with Crippen LogP contribution in [0.25, 0.3) is 0 Å². The Labute approximate surface area is 134 Å². The van der Waals surface area contributed by atoms with Crippen LogP contribution < -0.4 is 10.2 Å². The maximum atomic E-state index is 5.03. The van der Waals surface area contributed by atoms with Gasteiger partial charge in [-0.3, -0.25) is 0 Å². The molecule has 1 N–H and O–H groups in total. The number of hydrogen-bond acceptors (Lipinski definition) is 4. The van der Waals surface area contributed by atoms with Gasteiger partial charge in [-0.1, -0.05) is 34.6 Å². The van der Waals surface area contributed by atoms with Gasteiger partial charge in [0.25, 0.3) is 0 Å². The van der Waals surface area contributed by atoms with Crippen molar-refractivity contribution in [3.8, 4) is 0 Å². The first-order valence-corrected chi connectivity index (χ1v) is 9.23. The van der Waals surface area contributed by atoms with Crippen molar-refractivity contribution >= 4 is 16.5 Å². The van der Waals surface area contributed by atoms with Crippen LogP contribution in [-0.4, -0.2) is 24.6 Å². The summed E-state index contributed by atoms with van der Waals surface area (Å²) in [4.78, 5) is 8.97. The zero-order chi connectivity index (χ0) is 15.5. The first-order chi connectivity index (χ1) is 9.96. The van der Waals surface area contributed by atoms with Gasteiger partial charge in [0.05, 0.1) is 5.69 Å². The molecule has 1 aliphatic rings. The van der Waals surface area contributed by atoms with E-state index in [1.807, 2.05) is 11.3 Å². The van der Waals surface area contributed by atoms with Gasteiger partial charge in [-0.25, -0.2) is 4.98 Å². The first kappa shape index (κ1) is 16.8. The minimum Gasteiger partial charge on any atom is -0.348 e. The quantitative estimate of drug-likeness (QED) is 0.844. The molecule has 3 nitrogen and oxygen atoms in total. The molecule has 4 heteroatoms. The van der Waals surface area contributed by atoms with Gasteiger partial charge in [-0.05, 0) is 37.1 Å². The Kier molecular flexibility index (Phi) is 5.67. The van der Waals surface area contributed by atoms with Crippen molar-refractivity contribution in [2.24, 2.45) is 5.41 Å². The van der Waals surface area contributed by atoms with Crippen LogP contribution >= 0.6 is 11.3 Å². The number of aromatic nitrogens is 1. The molecule has 1 fully saturated rings. The molecule has 120 valence electrons. The second-order valence-corrected chi connectivity index (χ2v) is 8.15. The molecule has 0 spiro atoms. The van der Waals surface area contributed by atoms with E-state index >= 15 is 0 Å². The second kappa shape index (κ2) is 7.10. The van der Waals surface area contributed by atoms with E-state index in [9.17, 15) is 0 Å². The van der Waals surface area contributed by atoms with Crippen LogP contribution in [0.5, 0.6) is 0 Å². The highest BCUT2D eigenvalue weighted by atomic mass is 32.1. The summed E-state index contributed by atoms with van der Waals surface area (Å²) in [7, 11) is 0. The number of nitrogens with zero attached hydrogens (tertiary/aromatic N) is 2. The molecule has 2 heterocycles. The van der Waals surface area contributed by atoms with Crippen LogP contribution in [-0.2, 0) is 6.54 Å². The number of nitrogens with one attached hydrogen (secondary N) is 1. The molecule has 0 radical (unpaired) electrons. The summed E-state index contributed by atoms with van der Waals surface area (Å²) < 4.78 is 0. The summed E-state index contributed by atoms with van der Waals surface area (Å²) in [5.41, 5.74) is 1.74. The summed E-state index contributed by atoms with van der Waals surface area (Å²) in [6.45, 7) is 15.8. The monoisotopic (exact) mass is 309 g/mol. The Balaban J connectivity index is 2.21. The lowest BCUT2D eigenvalue weighted by molar-refractivity contribution is 0.293. The third-order valence-electron chi connectivity index (χ3n) is 4.50. The minimum atomic E-state index is 0.419. The molecule has 0 bridgehead atoms.